The van der Waals surface area contributed by atoms with E-state index >= 15 is 0 Å². The topological polar surface area (TPSA) is 83.9 Å². The Morgan fingerprint density at radius 1 is 1.53 bits per heavy atom. The minimum absolute atomic E-state index is 0.0173. The summed E-state index contributed by atoms with van der Waals surface area (Å²) in [7, 11) is -2.18. The lowest BCUT2D eigenvalue weighted by molar-refractivity contribution is -0.152. The van der Waals surface area contributed by atoms with Gasteiger partial charge in [-0.2, -0.15) is 0 Å². The quantitative estimate of drug-likeness (QED) is 0.507. The third-order valence-electron chi connectivity index (χ3n) is 2.08. The van der Waals surface area contributed by atoms with Crippen LogP contribution in [0.2, 0.25) is 0 Å². The largest absolute Gasteiger partial charge is 0.460 e. The van der Waals surface area contributed by atoms with Crippen molar-refractivity contribution in [2.75, 3.05) is 20.2 Å². The minimum atomic E-state index is -3.48. The first kappa shape index (κ1) is 16.1. The molecule has 100 valence electrons. The molecule has 0 aromatic rings. The van der Waals surface area contributed by atoms with Gasteiger partial charge in [-0.05, 0) is 13.8 Å². The van der Waals surface area contributed by atoms with Crippen LogP contribution in [-0.4, -0.2) is 55.4 Å². The molecular formula is C10H19NO5S. The number of hydrogen-bond acceptors (Lipinski definition) is 5. The zero-order valence-electron chi connectivity index (χ0n) is 10.3. The zero-order chi connectivity index (χ0) is 13.6. The summed E-state index contributed by atoms with van der Waals surface area (Å²) in [5.41, 5.74) is 0. The molecule has 0 aliphatic carbocycles. The molecule has 0 aromatic heterocycles. The molecule has 1 atom stereocenters. The molecule has 6 nitrogen and oxygen atoms in total. The summed E-state index contributed by atoms with van der Waals surface area (Å²) >= 11 is 0. The molecule has 0 bridgehead atoms. The van der Waals surface area contributed by atoms with Crippen LogP contribution in [0.3, 0.4) is 0 Å². The molecule has 0 heterocycles. The van der Waals surface area contributed by atoms with E-state index in [9.17, 15) is 18.3 Å². The molecule has 0 aliphatic heterocycles. The highest BCUT2D eigenvalue weighted by atomic mass is 32.2. The van der Waals surface area contributed by atoms with E-state index in [-0.39, 0.29) is 13.2 Å². The summed E-state index contributed by atoms with van der Waals surface area (Å²) in [5.74, 6) is -0.865. The molecule has 7 heteroatoms. The highest BCUT2D eigenvalue weighted by Crippen LogP contribution is 2.07. The van der Waals surface area contributed by atoms with Crippen molar-refractivity contribution in [3.63, 3.8) is 0 Å². The Hall–Kier alpha value is -0.920. The van der Waals surface area contributed by atoms with Gasteiger partial charge in [-0.1, -0.05) is 12.7 Å². The van der Waals surface area contributed by atoms with Crippen LogP contribution in [-0.2, 0) is 19.6 Å². The summed E-state index contributed by atoms with van der Waals surface area (Å²) in [4.78, 5) is 11.2. The van der Waals surface area contributed by atoms with E-state index in [2.05, 4.69) is 11.3 Å². The third kappa shape index (κ3) is 4.84. The van der Waals surface area contributed by atoms with E-state index in [0.717, 1.165) is 4.31 Å². The normalized spacial score (nSPS) is 13.8. The monoisotopic (exact) mass is 265 g/mol. The molecule has 0 radical (unpaired) electrons. The number of aliphatic hydroxyl groups is 1. The molecule has 0 amide bonds. The molecular weight excluding hydrogens is 246 g/mol. The molecule has 0 fully saturated rings. The maximum atomic E-state index is 11.6. The number of aliphatic hydroxyl groups excluding tert-OH is 1. The zero-order valence-corrected chi connectivity index (χ0v) is 11.1. The van der Waals surface area contributed by atoms with Crippen molar-refractivity contribution in [3.05, 3.63) is 12.7 Å². The van der Waals surface area contributed by atoms with E-state index in [4.69, 9.17) is 0 Å². The number of carbonyl (C=O) groups is 1. The number of sulfonamides is 1. The summed E-state index contributed by atoms with van der Waals surface area (Å²) in [6.07, 6.45) is -0.132. The molecule has 1 N–H and O–H groups in total. The third-order valence-corrected chi connectivity index (χ3v) is 4.29. The number of esters is 1. The maximum Gasteiger partial charge on any atom is 0.336 e. The van der Waals surface area contributed by atoms with Gasteiger partial charge in [-0.3, -0.25) is 0 Å². The molecule has 0 aliphatic rings. The lowest BCUT2D eigenvalue weighted by Crippen LogP contribution is -2.41. The van der Waals surface area contributed by atoms with Gasteiger partial charge in [-0.25, -0.2) is 17.5 Å². The first-order valence-corrected chi connectivity index (χ1v) is 6.64. The number of rotatable bonds is 7. The van der Waals surface area contributed by atoms with Crippen LogP contribution in [0, 0.1) is 0 Å². The van der Waals surface area contributed by atoms with E-state index in [1.807, 2.05) is 0 Å². The molecule has 0 spiro atoms. The smallest absolute Gasteiger partial charge is 0.336 e. The fourth-order valence-corrected chi connectivity index (χ4v) is 2.09. The van der Waals surface area contributed by atoms with Gasteiger partial charge in [0.1, 0.15) is 6.61 Å². The van der Waals surface area contributed by atoms with Gasteiger partial charge >= 0.3 is 5.97 Å². The van der Waals surface area contributed by atoms with Crippen LogP contribution in [0.4, 0.5) is 0 Å². The average Bonchev–Trinajstić information content (AvgIpc) is 2.25. The van der Waals surface area contributed by atoms with Crippen molar-refractivity contribution in [1.29, 1.82) is 0 Å². The highest BCUT2D eigenvalue weighted by Gasteiger charge is 2.27. The van der Waals surface area contributed by atoms with Gasteiger partial charge in [0.25, 0.3) is 0 Å². The first-order chi connectivity index (χ1) is 7.73. The minimum Gasteiger partial charge on any atom is -0.460 e. The molecule has 17 heavy (non-hydrogen) atoms. The van der Waals surface area contributed by atoms with Gasteiger partial charge in [0.2, 0.25) is 10.0 Å². The van der Waals surface area contributed by atoms with Crippen molar-refractivity contribution in [2.24, 2.45) is 0 Å². The van der Waals surface area contributed by atoms with Gasteiger partial charge in [0.15, 0.2) is 6.10 Å². The molecule has 0 rings (SSSR count). The Bertz CT molecular complexity index is 363. The summed E-state index contributed by atoms with van der Waals surface area (Å²) in [6, 6.07) is 0. The Kier molecular flexibility index (Phi) is 6.36. The van der Waals surface area contributed by atoms with E-state index in [0.29, 0.717) is 0 Å². The van der Waals surface area contributed by atoms with Gasteiger partial charge in [-0.15, -0.1) is 0 Å². The molecule has 0 saturated heterocycles. The number of ether oxygens (including phenoxy) is 1. The Balaban J connectivity index is 4.44. The standard InChI is InChI=1S/C10H19NO5S/c1-5-6-16-10(13)9(12)7-11(4)17(14,15)8(2)3/h5,8-9,12H,1,6-7H2,2-4H3. The fourth-order valence-electron chi connectivity index (χ4n) is 1.02. The number of carbonyl (C=O) groups excluding carboxylic acids is 1. The second-order valence-electron chi connectivity index (χ2n) is 3.81. The van der Waals surface area contributed by atoms with Crippen LogP contribution in [0.15, 0.2) is 12.7 Å². The number of likely N-dealkylation sites (N-methyl/N-ethyl adjacent to an activating group) is 1. The second-order valence-corrected chi connectivity index (χ2v) is 6.40. The summed E-state index contributed by atoms with van der Waals surface area (Å²) in [6.45, 7) is 6.05. The van der Waals surface area contributed by atoms with Crippen LogP contribution < -0.4 is 0 Å². The SMILES string of the molecule is C=CCOC(=O)C(O)CN(C)S(=O)(=O)C(C)C. The highest BCUT2D eigenvalue weighted by molar-refractivity contribution is 7.89. The lowest BCUT2D eigenvalue weighted by Gasteiger charge is -2.21. The van der Waals surface area contributed by atoms with E-state index < -0.39 is 27.3 Å². The maximum absolute atomic E-state index is 11.6. The predicted octanol–water partition coefficient (Wildman–Crippen LogP) is -0.253. The van der Waals surface area contributed by atoms with Crippen molar-refractivity contribution < 1.29 is 23.1 Å². The Morgan fingerprint density at radius 3 is 2.47 bits per heavy atom. The van der Waals surface area contributed by atoms with Crippen LogP contribution in [0.1, 0.15) is 13.8 Å². The van der Waals surface area contributed by atoms with Crippen molar-refractivity contribution in [2.45, 2.75) is 25.2 Å². The summed E-state index contributed by atoms with van der Waals surface area (Å²) in [5, 5.41) is 8.84. The first-order valence-electron chi connectivity index (χ1n) is 5.14. The van der Waals surface area contributed by atoms with E-state index in [1.54, 1.807) is 0 Å². The second kappa shape index (κ2) is 6.73. The number of nitrogens with zero attached hydrogens (tertiary/aromatic N) is 1. The lowest BCUT2D eigenvalue weighted by atomic mass is 10.3. The Morgan fingerprint density at radius 2 is 2.06 bits per heavy atom. The van der Waals surface area contributed by atoms with Gasteiger partial charge in [0, 0.05) is 7.05 Å². The van der Waals surface area contributed by atoms with Crippen LogP contribution >= 0.6 is 0 Å². The Labute approximate surface area is 102 Å². The van der Waals surface area contributed by atoms with Crippen molar-refractivity contribution >= 4 is 16.0 Å². The molecule has 1 unspecified atom stereocenters. The van der Waals surface area contributed by atoms with Crippen LogP contribution in [0.25, 0.3) is 0 Å². The van der Waals surface area contributed by atoms with Crippen molar-refractivity contribution in [1.82, 2.24) is 4.31 Å². The summed E-state index contributed by atoms with van der Waals surface area (Å²) < 4.78 is 28.8. The van der Waals surface area contributed by atoms with Crippen molar-refractivity contribution in [3.8, 4) is 0 Å². The molecule has 0 aromatic carbocycles. The number of hydrogen-bond donors (Lipinski definition) is 1. The fraction of sp³-hybridized carbons (Fsp3) is 0.700. The van der Waals surface area contributed by atoms with Crippen LogP contribution in [0.5, 0.6) is 0 Å². The van der Waals surface area contributed by atoms with Gasteiger partial charge in [0.05, 0.1) is 11.8 Å². The molecule has 0 saturated carbocycles. The van der Waals surface area contributed by atoms with Gasteiger partial charge < -0.3 is 9.84 Å². The van der Waals surface area contributed by atoms with E-state index in [1.165, 1.54) is 27.0 Å². The average molecular weight is 265 g/mol. The predicted molar refractivity (Wildman–Crippen MR) is 63.8 cm³/mol.